The third-order valence-corrected chi connectivity index (χ3v) is 3.52. The lowest BCUT2D eigenvalue weighted by atomic mass is 10.2. The van der Waals surface area contributed by atoms with Crippen molar-refractivity contribution in [2.75, 3.05) is 18.0 Å². The van der Waals surface area contributed by atoms with Gasteiger partial charge in [-0.3, -0.25) is 9.59 Å². The Labute approximate surface area is 128 Å². The molecule has 0 unspecified atom stereocenters. The highest BCUT2D eigenvalue weighted by Gasteiger charge is 2.11. The van der Waals surface area contributed by atoms with Crippen LogP contribution in [0.2, 0.25) is 0 Å². The van der Waals surface area contributed by atoms with Gasteiger partial charge in [0.25, 0.3) is 0 Å². The Morgan fingerprint density at radius 2 is 2.09 bits per heavy atom. The van der Waals surface area contributed by atoms with E-state index in [-0.39, 0.29) is 12.2 Å². The van der Waals surface area contributed by atoms with Crippen LogP contribution in [-0.4, -0.2) is 44.9 Å². The predicted molar refractivity (Wildman–Crippen MR) is 83.0 cm³/mol. The molecule has 1 heterocycles. The van der Waals surface area contributed by atoms with Crippen molar-refractivity contribution in [3.8, 4) is 0 Å². The highest BCUT2D eigenvalue weighted by molar-refractivity contribution is 5.80. The highest BCUT2D eigenvalue weighted by atomic mass is 16.4. The highest BCUT2D eigenvalue weighted by Crippen LogP contribution is 2.21. The fourth-order valence-electron chi connectivity index (χ4n) is 2.29. The molecule has 0 saturated heterocycles. The zero-order valence-corrected chi connectivity index (χ0v) is 12.8. The number of aliphatic carboxylic acids is 1. The molecule has 0 radical (unpaired) electrons. The number of benzene rings is 1. The largest absolute Gasteiger partial charge is 0.481 e. The van der Waals surface area contributed by atoms with Crippen molar-refractivity contribution >= 4 is 28.5 Å². The lowest BCUT2D eigenvalue weighted by Crippen LogP contribution is -2.25. The van der Waals surface area contributed by atoms with Crippen LogP contribution in [0.25, 0.3) is 11.0 Å². The minimum atomic E-state index is -0.810. The molecule has 0 amide bonds. The van der Waals surface area contributed by atoms with E-state index in [4.69, 9.17) is 5.11 Å². The summed E-state index contributed by atoms with van der Waals surface area (Å²) in [5.74, 6) is -0.694. The molecule has 1 aromatic heterocycles. The van der Waals surface area contributed by atoms with Crippen LogP contribution in [0, 0.1) is 0 Å². The number of carbonyl (C=O) groups is 2. The number of nitrogens with zero attached hydrogens (tertiary/aromatic N) is 4. The number of aromatic nitrogens is 3. The molecule has 2 rings (SSSR count). The average Bonchev–Trinajstić information content (AvgIpc) is 2.88. The SMILES string of the molecule is CCN(CCC(=O)O)c1ccc2c(c1)nnn2CCC(C)=O. The number of carbonyl (C=O) groups excluding carboxylic acids is 1. The van der Waals surface area contributed by atoms with Gasteiger partial charge in [-0.2, -0.15) is 0 Å². The zero-order chi connectivity index (χ0) is 16.1. The molecule has 0 bridgehead atoms. The van der Waals surface area contributed by atoms with Crippen molar-refractivity contribution < 1.29 is 14.7 Å². The fourth-order valence-corrected chi connectivity index (χ4v) is 2.29. The Morgan fingerprint density at radius 3 is 2.73 bits per heavy atom. The van der Waals surface area contributed by atoms with Crippen LogP contribution in [0.3, 0.4) is 0 Å². The average molecular weight is 304 g/mol. The van der Waals surface area contributed by atoms with E-state index in [1.54, 1.807) is 11.6 Å². The summed E-state index contributed by atoms with van der Waals surface area (Å²) < 4.78 is 1.72. The van der Waals surface area contributed by atoms with Crippen LogP contribution in [0.15, 0.2) is 18.2 Å². The minimum Gasteiger partial charge on any atom is -0.481 e. The van der Waals surface area contributed by atoms with E-state index in [1.807, 2.05) is 30.0 Å². The van der Waals surface area contributed by atoms with Crippen molar-refractivity contribution in [2.45, 2.75) is 33.2 Å². The first-order valence-corrected chi connectivity index (χ1v) is 7.30. The quantitative estimate of drug-likeness (QED) is 0.798. The van der Waals surface area contributed by atoms with Crippen LogP contribution in [-0.2, 0) is 16.1 Å². The number of anilines is 1. The predicted octanol–water partition coefficient (Wildman–Crippen LogP) is 1.71. The number of hydrogen-bond donors (Lipinski definition) is 1. The third-order valence-electron chi connectivity index (χ3n) is 3.52. The van der Waals surface area contributed by atoms with Gasteiger partial charge in [0.2, 0.25) is 0 Å². The van der Waals surface area contributed by atoms with E-state index in [0.29, 0.717) is 19.5 Å². The molecule has 0 spiro atoms. The lowest BCUT2D eigenvalue weighted by Gasteiger charge is -2.22. The van der Waals surface area contributed by atoms with Crippen molar-refractivity contribution in [3.05, 3.63) is 18.2 Å². The summed E-state index contributed by atoms with van der Waals surface area (Å²) in [6, 6.07) is 5.74. The van der Waals surface area contributed by atoms with E-state index in [1.165, 1.54) is 0 Å². The molecule has 0 aliphatic rings. The molecule has 0 atom stereocenters. The second kappa shape index (κ2) is 7.02. The number of fused-ring (bicyclic) bond motifs is 1. The van der Waals surface area contributed by atoms with Crippen LogP contribution in [0.4, 0.5) is 5.69 Å². The maximum atomic E-state index is 11.1. The molecule has 7 heteroatoms. The molecule has 22 heavy (non-hydrogen) atoms. The lowest BCUT2D eigenvalue weighted by molar-refractivity contribution is -0.136. The first-order chi connectivity index (χ1) is 10.5. The molecule has 7 nitrogen and oxygen atoms in total. The van der Waals surface area contributed by atoms with Gasteiger partial charge in [-0.25, -0.2) is 4.68 Å². The molecule has 2 aromatic rings. The van der Waals surface area contributed by atoms with Gasteiger partial charge in [0.15, 0.2) is 0 Å². The zero-order valence-electron chi connectivity index (χ0n) is 12.8. The van der Waals surface area contributed by atoms with E-state index < -0.39 is 5.97 Å². The third kappa shape index (κ3) is 3.81. The van der Waals surface area contributed by atoms with Crippen molar-refractivity contribution in [2.24, 2.45) is 0 Å². The van der Waals surface area contributed by atoms with Gasteiger partial charge in [0, 0.05) is 25.2 Å². The van der Waals surface area contributed by atoms with Crippen LogP contribution >= 0.6 is 0 Å². The summed E-state index contributed by atoms with van der Waals surface area (Å²) in [5, 5.41) is 17.0. The number of rotatable bonds is 8. The Morgan fingerprint density at radius 1 is 1.32 bits per heavy atom. The smallest absolute Gasteiger partial charge is 0.305 e. The van der Waals surface area contributed by atoms with E-state index >= 15 is 0 Å². The summed E-state index contributed by atoms with van der Waals surface area (Å²) in [4.78, 5) is 23.8. The monoisotopic (exact) mass is 304 g/mol. The summed E-state index contributed by atoms with van der Waals surface area (Å²) in [5.41, 5.74) is 2.55. The first kappa shape index (κ1) is 15.9. The van der Waals surface area contributed by atoms with E-state index in [2.05, 4.69) is 10.3 Å². The van der Waals surface area contributed by atoms with Crippen LogP contribution < -0.4 is 4.90 Å². The number of ketones is 1. The number of aryl methyl sites for hydroxylation is 1. The number of hydrogen-bond acceptors (Lipinski definition) is 5. The summed E-state index contributed by atoms with van der Waals surface area (Å²) in [7, 11) is 0. The van der Waals surface area contributed by atoms with Crippen molar-refractivity contribution in [1.82, 2.24) is 15.0 Å². The van der Waals surface area contributed by atoms with Gasteiger partial charge in [0.05, 0.1) is 18.5 Å². The molecule has 118 valence electrons. The van der Waals surface area contributed by atoms with Crippen molar-refractivity contribution in [1.29, 1.82) is 0 Å². The van der Waals surface area contributed by atoms with Crippen LogP contribution in [0.5, 0.6) is 0 Å². The minimum absolute atomic E-state index is 0.0944. The molecule has 0 aliphatic carbocycles. The fraction of sp³-hybridized carbons (Fsp3) is 0.467. The summed E-state index contributed by atoms with van der Waals surface area (Å²) in [6.07, 6.45) is 0.525. The standard InChI is InChI=1S/C15H20N4O3/c1-3-18(8-7-15(21)22)12-4-5-14-13(10-12)16-17-19(14)9-6-11(2)20/h4-5,10H,3,6-9H2,1-2H3,(H,21,22). The first-order valence-electron chi connectivity index (χ1n) is 7.30. The van der Waals surface area contributed by atoms with Crippen molar-refractivity contribution in [3.63, 3.8) is 0 Å². The molecular weight excluding hydrogens is 284 g/mol. The molecular formula is C15H20N4O3. The Hall–Kier alpha value is -2.44. The second-order valence-corrected chi connectivity index (χ2v) is 5.16. The number of carboxylic acids is 1. The second-order valence-electron chi connectivity index (χ2n) is 5.16. The maximum Gasteiger partial charge on any atom is 0.305 e. The number of Topliss-reactive ketones (excluding diaryl/α,β-unsaturated/α-hetero) is 1. The topological polar surface area (TPSA) is 88.3 Å². The number of carboxylic acid groups (broad SMARTS) is 1. The Bertz CT molecular complexity index is 680. The van der Waals surface area contributed by atoms with Gasteiger partial charge in [-0.1, -0.05) is 5.21 Å². The van der Waals surface area contributed by atoms with E-state index in [0.717, 1.165) is 23.3 Å². The molecule has 1 aromatic carbocycles. The van der Waals surface area contributed by atoms with Gasteiger partial charge < -0.3 is 10.0 Å². The molecule has 1 N–H and O–H groups in total. The summed E-state index contributed by atoms with van der Waals surface area (Å²) >= 11 is 0. The van der Waals surface area contributed by atoms with Gasteiger partial charge in [-0.15, -0.1) is 5.10 Å². The van der Waals surface area contributed by atoms with Crippen LogP contribution in [0.1, 0.15) is 26.7 Å². The molecule has 0 aliphatic heterocycles. The Balaban J connectivity index is 2.19. The Kier molecular flexibility index (Phi) is 5.08. The molecule has 0 fully saturated rings. The van der Waals surface area contributed by atoms with Gasteiger partial charge >= 0.3 is 5.97 Å². The maximum absolute atomic E-state index is 11.1. The van der Waals surface area contributed by atoms with Gasteiger partial charge in [0.1, 0.15) is 11.3 Å². The molecule has 0 saturated carbocycles. The normalized spacial score (nSPS) is 10.8. The van der Waals surface area contributed by atoms with E-state index in [9.17, 15) is 9.59 Å². The summed E-state index contributed by atoms with van der Waals surface area (Å²) in [6.45, 7) is 5.23. The van der Waals surface area contributed by atoms with Gasteiger partial charge in [-0.05, 0) is 32.0 Å².